The van der Waals surface area contributed by atoms with Gasteiger partial charge in [-0.1, -0.05) is 31.9 Å². The summed E-state index contributed by atoms with van der Waals surface area (Å²) in [6, 6.07) is 10.9. The summed E-state index contributed by atoms with van der Waals surface area (Å²) in [5, 5.41) is 2.84. The van der Waals surface area contributed by atoms with Gasteiger partial charge in [-0.3, -0.25) is 4.79 Å². The first-order valence-corrected chi connectivity index (χ1v) is 8.05. The number of nitrogens with one attached hydrogen (secondary N) is 1. The Kier molecular flexibility index (Phi) is 5.11. The molecule has 0 radical (unpaired) electrons. The van der Waals surface area contributed by atoms with Crippen molar-refractivity contribution in [2.75, 3.05) is 5.32 Å². The van der Waals surface area contributed by atoms with E-state index >= 15 is 0 Å². The maximum atomic E-state index is 12.2. The average molecular weight is 466 g/mol. The lowest BCUT2D eigenvalue weighted by Gasteiger charge is -2.09. The molecule has 0 aromatic heterocycles. The third-order valence-corrected chi connectivity index (χ3v) is 4.40. The summed E-state index contributed by atoms with van der Waals surface area (Å²) < 4.78 is 2.64. The molecule has 0 aliphatic carbocycles. The van der Waals surface area contributed by atoms with Gasteiger partial charge in [-0.25, -0.2) is 0 Å². The molecule has 19 heavy (non-hydrogen) atoms. The number of anilines is 1. The Hall–Kier alpha value is -0.300. The zero-order valence-corrected chi connectivity index (χ0v) is 15.1. The summed E-state index contributed by atoms with van der Waals surface area (Å²) in [5.74, 6) is -0.194. The standard InChI is InChI=1S/C13H8Br3NOS/c14-7-2-4-11(10(16)5-7)17-13(18)9-3-1-8(15)6-12(9)19/h1-6,19H,(H,17,18). The number of rotatable bonds is 2. The highest BCUT2D eigenvalue weighted by atomic mass is 79.9. The molecule has 2 nitrogen and oxygen atoms in total. The van der Waals surface area contributed by atoms with Crippen molar-refractivity contribution in [3.63, 3.8) is 0 Å². The van der Waals surface area contributed by atoms with Gasteiger partial charge in [0.05, 0.1) is 11.3 Å². The number of amides is 1. The normalized spacial score (nSPS) is 10.3. The molecule has 0 saturated heterocycles. The zero-order chi connectivity index (χ0) is 14.0. The van der Waals surface area contributed by atoms with Crippen LogP contribution in [0.5, 0.6) is 0 Å². The molecule has 0 spiro atoms. The lowest BCUT2D eigenvalue weighted by atomic mass is 10.2. The van der Waals surface area contributed by atoms with E-state index in [-0.39, 0.29) is 5.91 Å². The predicted octanol–water partition coefficient (Wildman–Crippen LogP) is 5.52. The van der Waals surface area contributed by atoms with Crippen LogP contribution < -0.4 is 5.32 Å². The third-order valence-electron chi connectivity index (χ3n) is 2.38. The molecule has 98 valence electrons. The number of hydrogen-bond acceptors (Lipinski definition) is 2. The molecule has 0 heterocycles. The van der Waals surface area contributed by atoms with Crippen LogP contribution in [0.25, 0.3) is 0 Å². The lowest BCUT2D eigenvalue weighted by molar-refractivity contribution is 0.102. The summed E-state index contributed by atoms with van der Waals surface area (Å²) in [7, 11) is 0. The van der Waals surface area contributed by atoms with Crippen LogP contribution in [0.15, 0.2) is 54.7 Å². The van der Waals surface area contributed by atoms with Gasteiger partial charge in [-0.15, -0.1) is 12.6 Å². The van der Waals surface area contributed by atoms with E-state index in [4.69, 9.17) is 0 Å². The minimum Gasteiger partial charge on any atom is -0.321 e. The molecule has 6 heteroatoms. The molecule has 0 aliphatic rings. The second kappa shape index (κ2) is 6.43. The van der Waals surface area contributed by atoms with Crippen molar-refractivity contribution >= 4 is 72.0 Å². The van der Waals surface area contributed by atoms with Crippen LogP contribution in [0, 0.1) is 0 Å². The second-order valence-corrected chi connectivity index (χ2v) is 6.91. The number of halogens is 3. The van der Waals surface area contributed by atoms with Gasteiger partial charge in [0.15, 0.2) is 0 Å². The molecular weight excluding hydrogens is 458 g/mol. The number of benzene rings is 2. The maximum Gasteiger partial charge on any atom is 0.256 e. The quantitative estimate of drug-likeness (QED) is 0.562. The molecule has 1 amide bonds. The number of thiol groups is 1. The Morgan fingerprint density at radius 2 is 1.63 bits per heavy atom. The molecule has 2 rings (SSSR count). The van der Waals surface area contributed by atoms with E-state index in [0.29, 0.717) is 16.1 Å². The van der Waals surface area contributed by atoms with Crippen LogP contribution in [0.1, 0.15) is 10.4 Å². The highest BCUT2D eigenvalue weighted by Gasteiger charge is 2.11. The van der Waals surface area contributed by atoms with Gasteiger partial charge in [0.2, 0.25) is 0 Å². The molecule has 2 aromatic rings. The molecule has 0 bridgehead atoms. The van der Waals surface area contributed by atoms with E-state index in [1.165, 1.54) is 0 Å². The first-order chi connectivity index (χ1) is 8.97. The minimum atomic E-state index is -0.194. The molecule has 1 N–H and O–H groups in total. The Bertz CT molecular complexity index is 646. The Balaban J connectivity index is 2.25. The van der Waals surface area contributed by atoms with Gasteiger partial charge in [0, 0.05) is 18.3 Å². The van der Waals surface area contributed by atoms with Crippen LogP contribution in [-0.4, -0.2) is 5.91 Å². The van der Waals surface area contributed by atoms with Gasteiger partial charge in [0.25, 0.3) is 5.91 Å². The van der Waals surface area contributed by atoms with Gasteiger partial charge in [0.1, 0.15) is 0 Å². The SMILES string of the molecule is O=C(Nc1ccc(Br)cc1Br)c1ccc(Br)cc1S. The summed E-state index contributed by atoms with van der Waals surface area (Å²) >= 11 is 14.4. The first kappa shape index (κ1) is 15.1. The van der Waals surface area contributed by atoms with E-state index in [1.807, 2.05) is 24.3 Å². The van der Waals surface area contributed by atoms with E-state index in [9.17, 15) is 4.79 Å². The van der Waals surface area contributed by atoms with Crippen molar-refractivity contribution in [2.45, 2.75) is 4.90 Å². The van der Waals surface area contributed by atoms with Crippen molar-refractivity contribution in [1.29, 1.82) is 0 Å². The lowest BCUT2D eigenvalue weighted by Crippen LogP contribution is -2.13. The van der Waals surface area contributed by atoms with E-state index in [0.717, 1.165) is 13.4 Å². The molecule has 0 unspecified atom stereocenters. The highest BCUT2D eigenvalue weighted by Crippen LogP contribution is 2.27. The Morgan fingerprint density at radius 3 is 2.26 bits per heavy atom. The van der Waals surface area contributed by atoms with E-state index < -0.39 is 0 Å². The molecular formula is C13H8Br3NOS. The third kappa shape index (κ3) is 3.84. The fourth-order valence-electron chi connectivity index (χ4n) is 1.48. The molecule has 0 fully saturated rings. The summed E-state index contributed by atoms with van der Waals surface area (Å²) in [6.45, 7) is 0. The van der Waals surface area contributed by atoms with Crippen molar-refractivity contribution in [3.05, 3.63) is 55.4 Å². The largest absolute Gasteiger partial charge is 0.321 e. The second-order valence-electron chi connectivity index (χ2n) is 3.74. The van der Waals surface area contributed by atoms with Crippen LogP contribution in [0.4, 0.5) is 5.69 Å². The van der Waals surface area contributed by atoms with E-state index in [2.05, 4.69) is 65.7 Å². The summed E-state index contributed by atoms with van der Waals surface area (Å²) in [4.78, 5) is 12.8. The number of hydrogen-bond donors (Lipinski definition) is 2. The fraction of sp³-hybridized carbons (Fsp3) is 0. The minimum absolute atomic E-state index is 0.194. The van der Waals surface area contributed by atoms with Crippen LogP contribution >= 0.6 is 60.4 Å². The predicted molar refractivity (Wildman–Crippen MR) is 91.2 cm³/mol. The van der Waals surface area contributed by atoms with Crippen LogP contribution in [-0.2, 0) is 0 Å². The molecule has 0 aliphatic heterocycles. The Morgan fingerprint density at radius 1 is 1.00 bits per heavy atom. The number of carbonyl (C=O) groups is 1. The van der Waals surface area contributed by atoms with Crippen molar-refractivity contribution < 1.29 is 4.79 Å². The summed E-state index contributed by atoms with van der Waals surface area (Å²) in [6.07, 6.45) is 0. The van der Waals surface area contributed by atoms with Crippen LogP contribution in [0.3, 0.4) is 0 Å². The van der Waals surface area contributed by atoms with Gasteiger partial charge < -0.3 is 5.32 Å². The van der Waals surface area contributed by atoms with Gasteiger partial charge >= 0.3 is 0 Å². The Labute approximate surface area is 141 Å². The van der Waals surface area contributed by atoms with Crippen molar-refractivity contribution in [1.82, 2.24) is 0 Å². The van der Waals surface area contributed by atoms with Gasteiger partial charge in [-0.05, 0) is 52.3 Å². The first-order valence-electron chi connectivity index (χ1n) is 5.22. The number of carbonyl (C=O) groups excluding carboxylic acids is 1. The highest BCUT2D eigenvalue weighted by molar-refractivity contribution is 9.11. The van der Waals surface area contributed by atoms with Crippen LogP contribution in [0.2, 0.25) is 0 Å². The zero-order valence-electron chi connectivity index (χ0n) is 9.45. The molecule has 0 atom stereocenters. The van der Waals surface area contributed by atoms with E-state index in [1.54, 1.807) is 12.1 Å². The monoisotopic (exact) mass is 463 g/mol. The molecule has 2 aromatic carbocycles. The molecule has 0 saturated carbocycles. The smallest absolute Gasteiger partial charge is 0.256 e. The summed E-state index contributed by atoms with van der Waals surface area (Å²) in [5.41, 5.74) is 1.24. The maximum absolute atomic E-state index is 12.2. The average Bonchev–Trinajstić information content (AvgIpc) is 2.32. The van der Waals surface area contributed by atoms with Crippen molar-refractivity contribution in [3.8, 4) is 0 Å². The van der Waals surface area contributed by atoms with Crippen molar-refractivity contribution in [2.24, 2.45) is 0 Å². The topological polar surface area (TPSA) is 29.1 Å². The van der Waals surface area contributed by atoms with Gasteiger partial charge in [-0.2, -0.15) is 0 Å². The fourth-order valence-corrected chi connectivity index (χ4v) is 3.48.